The summed E-state index contributed by atoms with van der Waals surface area (Å²) in [7, 11) is 0. The zero-order chi connectivity index (χ0) is 16.0. The first-order chi connectivity index (χ1) is 9.69. The van der Waals surface area contributed by atoms with Gasteiger partial charge in [-0.05, 0) is 51.5 Å². The molecule has 5 heteroatoms. The molecule has 0 unspecified atom stereocenters. The van der Waals surface area contributed by atoms with Gasteiger partial charge >= 0.3 is 6.09 Å². The molecule has 0 fully saturated rings. The lowest BCUT2D eigenvalue weighted by molar-refractivity contribution is 0.0523. The molecule has 0 spiro atoms. The monoisotopic (exact) mass is 295 g/mol. The van der Waals surface area contributed by atoms with Crippen LogP contribution in [-0.4, -0.2) is 24.0 Å². The van der Waals surface area contributed by atoms with Crippen LogP contribution in [0.5, 0.6) is 0 Å². The van der Waals surface area contributed by atoms with Crippen molar-refractivity contribution in [2.75, 3.05) is 6.54 Å². The molecule has 116 valence electrons. The summed E-state index contributed by atoms with van der Waals surface area (Å²) in [5.74, 6) is -0.697. The highest BCUT2D eigenvalue weighted by molar-refractivity contribution is 5.97. The van der Waals surface area contributed by atoms with Crippen molar-refractivity contribution in [2.45, 2.75) is 39.7 Å². The molecule has 0 aliphatic carbocycles. The van der Waals surface area contributed by atoms with Gasteiger partial charge in [0.15, 0.2) is 5.78 Å². The smallest absolute Gasteiger partial charge is 0.407 e. The van der Waals surface area contributed by atoms with E-state index >= 15 is 0 Å². The second-order valence-corrected chi connectivity index (χ2v) is 5.99. The van der Waals surface area contributed by atoms with Crippen molar-refractivity contribution in [3.63, 3.8) is 0 Å². The van der Waals surface area contributed by atoms with Crippen LogP contribution in [0.15, 0.2) is 24.3 Å². The van der Waals surface area contributed by atoms with E-state index in [9.17, 15) is 14.0 Å². The number of ether oxygens (including phenoxy) is 1. The highest BCUT2D eigenvalue weighted by Crippen LogP contribution is 2.13. The highest BCUT2D eigenvalue weighted by atomic mass is 19.1. The normalized spacial score (nSPS) is 12.6. The molecule has 0 bridgehead atoms. The van der Waals surface area contributed by atoms with Gasteiger partial charge in [-0.25, -0.2) is 9.18 Å². The number of amides is 1. The summed E-state index contributed by atoms with van der Waals surface area (Å²) in [5.41, 5.74) is -0.0687. The van der Waals surface area contributed by atoms with Crippen LogP contribution in [0.4, 0.5) is 9.18 Å². The number of carbonyl (C=O) groups is 2. The van der Waals surface area contributed by atoms with E-state index in [0.717, 1.165) is 0 Å². The molecule has 1 N–H and O–H groups in total. The molecule has 4 nitrogen and oxygen atoms in total. The van der Waals surface area contributed by atoms with Crippen molar-refractivity contribution in [1.82, 2.24) is 5.32 Å². The number of nitrogens with one attached hydrogen (secondary N) is 1. The molecule has 21 heavy (non-hydrogen) atoms. The van der Waals surface area contributed by atoms with Crippen LogP contribution in [0.1, 0.15) is 44.5 Å². The summed E-state index contributed by atoms with van der Waals surface area (Å²) in [5, 5.41) is 2.61. The Labute approximate surface area is 124 Å². The van der Waals surface area contributed by atoms with Gasteiger partial charge in [0.2, 0.25) is 0 Å². The number of Topliss-reactive ketones (excluding diaryl/α,β-unsaturated/α-hetero) is 1. The standard InChI is InChI=1S/C16H22FNO3/c1-11(9-10-18-15(20)21-16(2,3)4)14(19)12-5-7-13(17)8-6-12/h5-8,11H,9-10H2,1-4H3,(H,18,20)/t11-/m1/s1. The van der Waals surface area contributed by atoms with E-state index < -0.39 is 11.7 Å². The molecule has 1 atom stereocenters. The van der Waals surface area contributed by atoms with Gasteiger partial charge in [-0.1, -0.05) is 6.92 Å². The number of hydrogen-bond donors (Lipinski definition) is 1. The molecule has 1 aromatic rings. The summed E-state index contributed by atoms with van der Waals surface area (Å²) in [6.45, 7) is 7.49. The molecule has 0 saturated heterocycles. The van der Waals surface area contributed by atoms with Crippen LogP contribution < -0.4 is 5.32 Å². The Kier molecular flexibility index (Phi) is 5.88. The third kappa shape index (κ3) is 6.38. The fourth-order valence-electron chi connectivity index (χ4n) is 1.73. The Morgan fingerprint density at radius 2 is 1.81 bits per heavy atom. The first-order valence-electron chi connectivity index (χ1n) is 6.95. The fraction of sp³-hybridized carbons (Fsp3) is 0.500. The van der Waals surface area contributed by atoms with Crippen LogP contribution in [-0.2, 0) is 4.74 Å². The van der Waals surface area contributed by atoms with Crippen molar-refractivity contribution < 1.29 is 18.7 Å². The molecule has 0 aromatic heterocycles. The SMILES string of the molecule is C[C@H](CCNC(=O)OC(C)(C)C)C(=O)c1ccc(F)cc1. The molecule has 1 aromatic carbocycles. The number of halogens is 1. The Balaban J connectivity index is 2.40. The van der Waals surface area contributed by atoms with E-state index in [-0.39, 0.29) is 17.5 Å². The van der Waals surface area contributed by atoms with Gasteiger partial charge in [0.25, 0.3) is 0 Å². The minimum absolute atomic E-state index is 0.0685. The molecule has 0 aliphatic rings. The fourth-order valence-corrected chi connectivity index (χ4v) is 1.73. The maximum atomic E-state index is 12.8. The maximum absolute atomic E-state index is 12.8. The lowest BCUT2D eigenvalue weighted by Gasteiger charge is -2.20. The van der Waals surface area contributed by atoms with Crippen molar-refractivity contribution in [1.29, 1.82) is 0 Å². The summed E-state index contributed by atoms with van der Waals surface area (Å²) >= 11 is 0. The first-order valence-corrected chi connectivity index (χ1v) is 6.95. The molecule has 1 amide bonds. The molecule has 0 heterocycles. The maximum Gasteiger partial charge on any atom is 0.407 e. The number of carbonyl (C=O) groups excluding carboxylic acids is 2. The number of hydrogen-bond acceptors (Lipinski definition) is 3. The van der Waals surface area contributed by atoms with Crippen molar-refractivity contribution in [3.8, 4) is 0 Å². The van der Waals surface area contributed by atoms with Crippen molar-refractivity contribution in [2.24, 2.45) is 5.92 Å². The Morgan fingerprint density at radius 1 is 1.24 bits per heavy atom. The summed E-state index contributed by atoms with van der Waals surface area (Å²) < 4.78 is 17.9. The van der Waals surface area contributed by atoms with E-state index in [1.807, 2.05) is 0 Å². The minimum Gasteiger partial charge on any atom is -0.444 e. The summed E-state index contributed by atoms with van der Waals surface area (Å²) in [6.07, 6.45) is -0.000871. The van der Waals surface area contributed by atoms with Gasteiger partial charge in [-0.3, -0.25) is 4.79 Å². The van der Waals surface area contributed by atoms with Crippen molar-refractivity contribution >= 4 is 11.9 Å². The second kappa shape index (κ2) is 7.20. The summed E-state index contributed by atoms with van der Waals surface area (Å²) in [4.78, 5) is 23.6. The Hall–Kier alpha value is -1.91. The predicted octanol–water partition coefficient (Wildman–Crippen LogP) is 3.56. The molecular formula is C16H22FNO3. The van der Waals surface area contributed by atoms with Crippen LogP contribution in [0.25, 0.3) is 0 Å². The van der Waals surface area contributed by atoms with Crippen LogP contribution in [0.3, 0.4) is 0 Å². The first kappa shape index (κ1) is 17.1. The van der Waals surface area contributed by atoms with E-state index in [4.69, 9.17) is 4.74 Å². The van der Waals surface area contributed by atoms with E-state index in [0.29, 0.717) is 18.5 Å². The Bertz CT molecular complexity index is 491. The zero-order valence-corrected chi connectivity index (χ0v) is 12.9. The highest BCUT2D eigenvalue weighted by Gasteiger charge is 2.18. The number of rotatable bonds is 5. The quantitative estimate of drug-likeness (QED) is 0.845. The van der Waals surface area contributed by atoms with Gasteiger partial charge in [0.1, 0.15) is 11.4 Å². The van der Waals surface area contributed by atoms with Crippen molar-refractivity contribution in [3.05, 3.63) is 35.6 Å². The van der Waals surface area contributed by atoms with Crippen LogP contribution in [0, 0.1) is 11.7 Å². The molecule has 0 radical (unpaired) electrons. The van der Waals surface area contributed by atoms with Gasteiger partial charge in [-0.15, -0.1) is 0 Å². The average Bonchev–Trinajstić information content (AvgIpc) is 2.36. The van der Waals surface area contributed by atoms with Crippen LogP contribution >= 0.6 is 0 Å². The Morgan fingerprint density at radius 3 is 2.33 bits per heavy atom. The average molecular weight is 295 g/mol. The minimum atomic E-state index is -0.542. The molecule has 0 aliphatic heterocycles. The van der Waals surface area contributed by atoms with Gasteiger partial charge in [0, 0.05) is 18.0 Å². The third-order valence-electron chi connectivity index (χ3n) is 2.82. The summed E-state index contributed by atoms with van der Waals surface area (Å²) in [6, 6.07) is 5.46. The number of ketones is 1. The van der Waals surface area contributed by atoms with Crippen LogP contribution in [0.2, 0.25) is 0 Å². The third-order valence-corrected chi connectivity index (χ3v) is 2.82. The topological polar surface area (TPSA) is 55.4 Å². The zero-order valence-electron chi connectivity index (χ0n) is 12.9. The van der Waals surface area contributed by atoms with E-state index in [1.165, 1.54) is 24.3 Å². The lowest BCUT2D eigenvalue weighted by atomic mass is 9.96. The number of alkyl carbamates (subject to hydrolysis) is 1. The number of benzene rings is 1. The molecule has 0 saturated carbocycles. The van der Waals surface area contributed by atoms with E-state index in [1.54, 1.807) is 27.7 Å². The second-order valence-electron chi connectivity index (χ2n) is 5.99. The van der Waals surface area contributed by atoms with E-state index in [2.05, 4.69) is 5.32 Å². The largest absolute Gasteiger partial charge is 0.444 e. The molecular weight excluding hydrogens is 273 g/mol. The van der Waals surface area contributed by atoms with Gasteiger partial charge < -0.3 is 10.1 Å². The predicted molar refractivity (Wildman–Crippen MR) is 78.7 cm³/mol. The lowest BCUT2D eigenvalue weighted by Crippen LogP contribution is -2.33. The van der Waals surface area contributed by atoms with Gasteiger partial charge in [-0.2, -0.15) is 0 Å². The molecule has 1 rings (SSSR count). The van der Waals surface area contributed by atoms with Gasteiger partial charge in [0.05, 0.1) is 0 Å².